The first-order valence-electron chi connectivity index (χ1n) is 8.87. The van der Waals surface area contributed by atoms with Gasteiger partial charge in [-0.25, -0.2) is 0 Å². The van der Waals surface area contributed by atoms with Crippen LogP contribution in [0.15, 0.2) is 0 Å². The van der Waals surface area contributed by atoms with Crippen LogP contribution in [0, 0.1) is 23.7 Å². The number of likely N-dealkylation sites (N-methyl/N-ethyl adjacent to an activating group) is 2. The van der Waals surface area contributed by atoms with Crippen LogP contribution in [0.3, 0.4) is 0 Å². The van der Waals surface area contributed by atoms with E-state index in [4.69, 9.17) is 0 Å². The molecule has 4 saturated carbocycles. The topological polar surface area (TPSA) is 8.88 Å². The third-order valence-electron chi connectivity index (χ3n) is 6.67. The number of quaternary nitrogens is 2. The highest BCUT2D eigenvalue weighted by Gasteiger charge is 2.51. The molecule has 110 valence electrons. The van der Waals surface area contributed by atoms with Crippen LogP contribution in [-0.4, -0.2) is 39.3 Å². The zero-order valence-electron chi connectivity index (χ0n) is 13.3. The van der Waals surface area contributed by atoms with E-state index in [0.717, 1.165) is 29.7 Å². The van der Waals surface area contributed by atoms with E-state index in [1.165, 1.54) is 26.2 Å². The molecule has 4 bridgehead atoms. The van der Waals surface area contributed by atoms with Gasteiger partial charge in [-0.3, -0.25) is 0 Å². The summed E-state index contributed by atoms with van der Waals surface area (Å²) in [6.07, 6.45) is 7.89. The third-order valence-corrected chi connectivity index (χ3v) is 6.67. The number of hydrogen-bond donors (Lipinski definition) is 2. The zero-order chi connectivity index (χ0) is 13.4. The highest BCUT2D eigenvalue weighted by molar-refractivity contribution is 4.98. The molecule has 4 fully saturated rings. The van der Waals surface area contributed by atoms with E-state index in [2.05, 4.69) is 20.9 Å². The van der Waals surface area contributed by atoms with Gasteiger partial charge in [0.05, 0.1) is 26.2 Å². The summed E-state index contributed by atoms with van der Waals surface area (Å²) < 4.78 is 0. The fourth-order valence-corrected chi connectivity index (χ4v) is 5.87. The van der Waals surface area contributed by atoms with E-state index in [9.17, 15) is 0 Å². The van der Waals surface area contributed by atoms with E-state index in [1.54, 1.807) is 37.0 Å². The van der Waals surface area contributed by atoms with Crippen LogP contribution in [-0.2, 0) is 0 Å². The van der Waals surface area contributed by atoms with Crippen LogP contribution < -0.4 is 9.80 Å². The minimum Gasteiger partial charge on any atom is -0.331 e. The van der Waals surface area contributed by atoms with Crippen molar-refractivity contribution in [2.45, 2.75) is 52.0 Å². The Balaban J connectivity index is 1.56. The summed E-state index contributed by atoms with van der Waals surface area (Å²) in [4.78, 5) is 3.65. The molecule has 0 aromatic heterocycles. The molecule has 0 saturated heterocycles. The molecule has 2 nitrogen and oxygen atoms in total. The van der Waals surface area contributed by atoms with Gasteiger partial charge in [-0.2, -0.15) is 0 Å². The molecule has 1 atom stereocenters. The van der Waals surface area contributed by atoms with Crippen LogP contribution >= 0.6 is 0 Å². The molecule has 0 aromatic rings. The second kappa shape index (κ2) is 5.73. The number of hydrogen-bond acceptors (Lipinski definition) is 0. The SMILES string of the molecule is CC[NH+](CC)CC[NH+](C)C1C2CC3CC(C2)CC1C3. The second-order valence-electron chi connectivity index (χ2n) is 7.76. The largest absolute Gasteiger partial charge is 0.331 e. The summed E-state index contributed by atoms with van der Waals surface area (Å²) >= 11 is 0. The van der Waals surface area contributed by atoms with Gasteiger partial charge in [-0.05, 0) is 57.8 Å². The Hall–Kier alpha value is -0.0800. The maximum absolute atomic E-state index is 2.50. The van der Waals surface area contributed by atoms with Crippen LogP contribution in [0.2, 0.25) is 0 Å². The lowest BCUT2D eigenvalue weighted by Crippen LogP contribution is -3.21. The van der Waals surface area contributed by atoms with Crippen molar-refractivity contribution in [2.75, 3.05) is 33.2 Å². The molecule has 0 amide bonds. The maximum atomic E-state index is 2.50. The predicted octanol–water partition coefficient (Wildman–Crippen LogP) is 0.251. The van der Waals surface area contributed by atoms with Gasteiger partial charge in [-0.1, -0.05) is 0 Å². The van der Waals surface area contributed by atoms with Gasteiger partial charge in [0.25, 0.3) is 0 Å². The first kappa shape index (κ1) is 13.9. The molecule has 19 heavy (non-hydrogen) atoms. The van der Waals surface area contributed by atoms with Gasteiger partial charge in [-0.15, -0.1) is 0 Å². The summed E-state index contributed by atoms with van der Waals surface area (Å²) in [6.45, 7) is 10.0. The molecule has 4 aliphatic rings. The fourth-order valence-electron chi connectivity index (χ4n) is 5.87. The maximum Gasteiger partial charge on any atom is 0.127 e. The Bertz CT molecular complexity index is 270. The van der Waals surface area contributed by atoms with E-state index in [0.29, 0.717) is 0 Å². The Morgan fingerprint density at radius 2 is 1.32 bits per heavy atom. The number of rotatable bonds is 6. The first-order valence-corrected chi connectivity index (χ1v) is 8.87. The van der Waals surface area contributed by atoms with Crippen molar-refractivity contribution in [2.24, 2.45) is 23.7 Å². The summed E-state index contributed by atoms with van der Waals surface area (Å²) in [7, 11) is 2.50. The highest BCUT2D eigenvalue weighted by Crippen LogP contribution is 2.52. The summed E-state index contributed by atoms with van der Waals surface area (Å²) in [5.74, 6) is 4.42. The minimum absolute atomic E-state index is 1.02. The average Bonchev–Trinajstić information content (AvgIpc) is 2.38. The van der Waals surface area contributed by atoms with Gasteiger partial charge in [0.15, 0.2) is 0 Å². The van der Waals surface area contributed by atoms with E-state index in [1.807, 2.05) is 4.90 Å². The standard InChI is InChI=1S/C17H32N2/c1-4-19(5-2)7-6-18(3)17-15-9-13-8-14(11-15)12-16(17)10-13/h13-17H,4-12H2,1-3H3/p+2. The summed E-state index contributed by atoms with van der Waals surface area (Å²) in [6, 6.07) is 1.02. The van der Waals surface area contributed by atoms with Crippen LogP contribution in [0.5, 0.6) is 0 Å². The van der Waals surface area contributed by atoms with E-state index in [-0.39, 0.29) is 0 Å². The second-order valence-corrected chi connectivity index (χ2v) is 7.76. The summed E-state index contributed by atoms with van der Waals surface area (Å²) in [5, 5.41) is 0. The van der Waals surface area contributed by atoms with Crippen molar-refractivity contribution in [3.63, 3.8) is 0 Å². The molecule has 0 heterocycles. The minimum atomic E-state index is 1.02. The Labute approximate surface area is 119 Å². The fraction of sp³-hybridized carbons (Fsp3) is 1.00. The lowest BCUT2D eigenvalue weighted by molar-refractivity contribution is -0.964. The molecule has 4 aliphatic carbocycles. The van der Waals surface area contributed by atoms with Crippen molar-refractivity contribution in [3.8, 4) is 0 Å². The average molecular weight is 266 g/mol. The van der Waals surface area contributed by atoms with Crippen molar-refractivity contribution >= 4 is 0 Å². The third kappa shape index (κ3) is 2.71. The molecular formula is C17H34N2+2. The molecule has 1 unspecified atom stereocenters. The first-order chi connectivity index (χ1) is 9.21. The van der Waals surface area contributed by atoms with E-state index < -0.39 is 0 Å². The molecule has 2 N–H and O–H groups in total. The van der Waals surface area contributed by atoms with Crippen molar-refractivity contribution in [1.29, 1.82) is 0 Å². The normalized spacial score (nSPS) is 42.0. The van der Waals surface area contributed by atoms with E-state index >= 15 is 0 Å². The van der Waals surface area contributed by atoms with Gasteiger partial charge < -0.3 is 9.80 Å². The molecule has 0 spiro atoms. The van der Waals surface area contributed by atoms with Gasteiger partial charge >= 0.3 is 0 Å². The van der Waals surface area contributed by atoms with Gasteiger partial charge in [0.2, 0.25) is 0 Å². The van der Waals surface area contributed by atoms with Gasteiger partial charge in [0, 0.05) is 11.8 Å². The molecule has 0 aliphatic heterocycles. The highest BCUT2D eigenvalue weighted by atomic mass is 15.2. The smallest absolute Gasteiger partial charge is 0.127 e. The quantitative estimate of drug-likeness (QED) is 0.682. The Morgan fingerprint density at radius 3 is 1.79 bits per heavy atom. The van der Waals surface area contributed by atoms with Crippen LogP contribution in [0.1, 0.15) is 46.0 Å². The number of nitrogens with one attached hydrogen (secondary N) is 2. The van der Waals surface area contributed by atoms with Gasteiger partial charge in [0.1, 0.15) is 13.1 Å². The lowest BCUT2D eigenvalue weighted by atomic mass is 9.54. The Morgan fingerprint density at radius 1 is 0.789 bits per heavy atom. The molecular weight excluding hydrogens is 232 g/mol. The Kier molecular flexibility index (Phi) is 4.19. The zero-order valence-corrected chi connectivity index (χ0v) is 13.3. The lowest BCUT2D eigenvalue weighted by Gasteiger charge is -2.54. The predicted molar refractivity (Wildman–Crippen MR) is 79.5 cm³/mol. The molecule has 0 aromatic carbocycles. The summed E-state index contributed by atoms with van der Waals surface area (Å²) in [5.41, 5.74) is 0. The molecule has 0 radical (unpaired) electrons. The van der Waals surface area contributed by atoms with Crippen molar-refractivity contribution < 1.29 is 9.80 Å². The van der Waals surface area contributed by atoms with Crippen LogP contribution in [0.4, 0.5) is 0 Å². The van der Waals surface area contributed by atoms with Crippen LogP contribution in [0.25, 0.3) is 0 Å². The monoisotopic (exact) mass is 266 g/mol. The van der Waals surface area contributed by atoms with Crippen molar-refractivity contribution in [3.05, 3.63) is 0 Å². The van der Waals surface area contributed by atoms with Crippen molar-refractivity contribution in [1.82, 2.24) is 0 Å². The molecule has 4 rings (SSSR count). The molecule has 2 heteroatoms.